The summed E-state index contributed by atoms with van der Waals surface area (Å²) < 4.78 is 13.6. The van der Waals surface area contributed by atoms with Gasteiger partial charge in [-0.2, -0.15) is 0 Å². The summed E-state index contributed by atoms with van der Waals surface area (Å²) in [6.07, 6.45) is 0. The van der Waals surface area contributed by atoms with Crippen molar-refractivity contribution >= 4 is 5.69 Å². The number of para-hydroxylation sites is 1. The summed E-state index contributed by atoms with van der Waals surface area (Å²) in [6, 6.07) is 5.72. The maximum atomic E-state index is 13.6. The molecule has 1 aliphatic rings. The molecular formula is C12H17FN2. The van der Waals surface area contributed by atoms with Crippen LogP contribution < -0.4 is 10.2 Å². The summed E-state index contributed by atoms with van der Waals surface area (Å²) in [6.45, 7) is 3.02. The Morgan fingerprint density at radius 1 is 1.53 bits per heavy atom. The second-order valence-electron chi connectivity index (χ2n) is 4.24. The molecule has 2 nitrogen and oxygen atoms in total. The van der Waals surface area contributed by atoms with Gasteiger partial charge in [0.1, 0.15) is 5.82 Å². The van der Waals surface area contributed by atoms with E-state index in [1.165, 1.54) is 6.07 Å². The van der Waals surface area contributed by atoms with Crippen molar-refractivity contribution in [2.24, 2.45) is 0 Å². The number of nitrogens with one attached hydrogen (secondary N) is 1. The fourth-order valence-electron chi connectivity index (χ4n) is 2.35. The summed E-state index contributed by atoms with van der Waals surface area (Å²) in [5.41, 5.74) is 1.89. The van der Waals surface area contributed by atoms with Gasteiger partial charge in [0, 0.05) is 25.6 Å². The average Bonchev–Trinajstić information content (AvgIpc) is 2.56. The summed E-state index contributed by atoms with van der Waals surface area (Å²) in [5.74, 6) is 0.270. The van der Waals surface area contributed by atoms with Gasteiger partial charge in [0.15, 0.2) is 0 Å². The molecule has 0 saturated carbocycles. The highest BCUT2D eigenvalue weighted by Gasteiger charge is 2.31. The zero-order chi connectivity index (χ0) is 11.0. The number of halogens is 1. The first-order valence-electron chi connectivity index (χ1n) is 5.32. The third-order valence-electron chi connectivity index (χ3n) is 3.33. The van der Waals surface area contributed by atoms with Crippen molar-refractivity contribution in [3.05, 3.63) is 29.6 Å². The third kappa shape index (κ3) is 1.61. The number of anilines is 1. The van der Waals surface area contributed by atoms with E-state index in [-0.39, 0.29) is 5.82 Å². The monoisotopic (exact) mass is 208 g/mol. The Labute approximate surface area is 90.1 Å². The smallest absolute Gasteiger partial charge is 0.146 e. The molecule has 2 atom stereocenters. The molecule has 0 aromatic heterocycles. The number of benzene rings is 1. The first-order valence-corrected chi connectivity index (χ1v) is 5.32. The van der Waals surface area contributed by atoms with Crippen LogP contribution in [0, 0.1) is 5.82 Å². The fourth-order valence-corrected chi connectivity index (χ4v) is 2.35. The minimum Gasteiger partial charge on any atom is -0.371 e. The van der Waals surface area contributed by atoms with Gasteiger partial charge in [-0.25, -0.2) is 4.39 Å². The Balaban J connectivity index is 2.42. The molecule has 0 saturated heterocycles. The van der Waals surface area contributed by atoms with Crippen molar-refractivity contribution in [1.29, 1.82) is 0 Å². The van der Waals surface area contributed by atoms with Crippen LogP contribution in [0.3, 0.4) is 0 Å². The van der Waals surface area contributed by atoms with Gasteiger partial charge in [-0.15, -0.1) is 0 Å². The molecule has 0 bridgehead atoms. The molecule has 0 amide bonds. The molecular weight excluding hydrogens is 191 g/mol. The highest BCUT2D eigenvalue weighted by Crippen LogP contribution is 2.38. The summed E-state index contributed by atoms with van der Waals surface area (Å²) in [7, 11) is 3.90. The number of nitrogens with zero attached hydrogens (tertiary/aromatic N) is 1. The molecule has 2 rings (SSSR count). The van der Waals surface area contributed by atoms with Crippen LogP contribution in [0.15, 0.2) is 18.2 Å². The van der Waals surface area contributed by atoms with E-state index in [1.54, 1.807) is 6.07 Å². The molecule has 82 valence electrons. The predicted octanol–water partition coefficient (Wildman–Crippen LogP) is 1.97. The molecule has 1 N–H and O–H groups in total. The standard InChI is InChI=1S/C12H17FN2/c1-8(14-2)10-7-15(3)12-9(10)5-4-6-11(12)13/h4-6,8,10,14H,7H2,1-3H3. The van der Waals surface area contributed by atoms with Crippen molar-refractivity contribution in [1.82, 2.24) is 5.32 Å². The fraction of sp³-hybridized carbons (Fsp3) is 0.500. The lowest BCUT2D eigenvalue weighted by Crippen LogP contribution is -2.31. The van der Waals surface area contributed by atoms with Gasteiger partial charge in [0.2, 0.25) is 0 Å². The zero-order valence-electron chi connectivity index (χ0n) is 9.42. The van der Waals surface area contributed by atoms with Crippen LogP contribution in [0.1, 0.15) is 18.4 Å². The van der Waals surface area contributed by atoms with Gasteiger partial charge < -0.3 is 10.2 Å². The number of likely N-dealkylation sites (N-methyl/N-ethyl adjacent to an activating group) is 2. The van der Waals surface area contributed by atoms with E-state index in [0.717, 1.165) is 17.8 Å². The Kier molecular flexibility index (Phi) is 2.65. The number of hydrogen-bond donors (Lipinski definition) is 1. The predicted molar refractivity (Wildman–Crippen MR) is 60.9 cm³/mol. The van der Waals surface area contributed by atoms with E-state index < -0.39 is 0 Å². The summed E-state index contributed by atoms with van der Waals surface area (Å²) >= 11 is 0. The van der Waals surface area contributed by atoms with Gasteiger partial charge in [-0.1, -0.05) is 12.1 Å². The van der Waals surface area contributed by atoms with E-state index in [4.69, 9.17) is 0 Å². The highest BCUT2D eigenvalue weighted by atomic mass is 19.1. The van der Waals surface area contributed by atoms with Crippen molar-refractivity contribution in [3.63, 3.8) is 0 Å². The van der Waals surface area contributed by atoms with Crippen LogP contribution >= 0.6 is 0 Å². The minimum atomic E-state index is -0.110. The first-order chi connectivity index (χ1) is 7.15. The number of rotatable bonds is 2. The summed E-state index contributed by atoms with van der Waals surface area (Å²) in [4.78, 5) is 2.00. The molecule has 1 aromatic rings. The maximum absolute atomic E-state index is 13.6. The van der Waals surface area contributed by atoms with Crippen LogP contribution in [0.25, 0.3) is 0 Å². The molecule has 0 fully saturated rings. The largest absolute Gasteiger partial charge is 0.371 e. The van der Waals surface area contributed by atoms with E-state index in [1.807, 2.05) is 25.1 Å². The lowest BCUT2D eigenvalue weighted by Gasteiger charge is -2.19. The van der Waals surface area contributed by atoms with E-state index in [0.29, 0.717) is 12.0 Å². The number of fused-ring (bicyclic) bond motifs is 1. The van der Waals surface area contributed by atoms with Crippen LogP contribution in [0.4, 0.5) is 10.1 Å². The first kappa shape index (κ1) is 10.4. The van der Waals surface area contributed by atoms with Gasteiger partial charge in [0.05, 0.1) is 5.69 Å². The molecule has 0 spiro atoms. The molecule has 1 aliphatic heterocycles. The van der Waals surface area contributed by atoms with Gasteiger partial charge in [0.25, 0.3) is 0 Å². The molecule has 0 radical (unpaired) electrons. The van der Waals surface area contributed by atoms with Crippen molar-refractivity contribution < 1.29 is 4.39 Å². The second-order valence-corrected chi connectivity index (χ2v) is 4.24. The zero-order valence-corrected chi connectivity index (χ0v) is 9.42. The molecule has 3 heteroatoms. The lowest BCUT2D eigenvalue weighted by atomic mass is 9.94. The molecule has 15 heavy (non-hydrogen) atoms. The second kappa shape index (κ2) is 3.81. The highest BCUT2D eigenvalue weighted by molar-refractivity contribution is 5.61. The van der Waals surface area contributed by atoms with Crippen molar-refractivity contribution in [2.75, 3.05) is 25.5 Å². The quantitative estimate of drug-likeness (QED) is 0.799. The Bertz CT molecular complexity index is 365. The van der Waals surface area contributed by atoms with Crippen LogP contribution in [-0.2, 0) is 0 Å². The molecule has 1 heterocycles. The van der Waals surface area contributed by atoms with Gasteiger partial charge >= 0.3 is 0 Å². The van der Waals surface area contributed by atoms with Gasteiger partial charge in [-0.3, -0.25) is 0 Å². The lowest BCUT2D eigenvalue weighted by molar-refractivity contribution is 0.513. The van der Waals surface area contributed by atoms with Gasteiger partial charge in [-0.05, 0) is 25.6 Å². The molecule has 1 aromatic carbocycles. The minimum absolute atomic E-state index is 0.110. The average molecular weight is 208 g/mol. The summed E-state index contributed by atoms with van der Waals surface area (Å²) in [5, 5.41) is 3.24. The SMILES string of the molecule is CNC(C)C1CN(C)c2c(F)cccc21. The number of hydrogen-bond acceptors (Lipinski definition) is 2. The van der Waals surface area contributed by atoms with E-state index in [2.05, 4.69) is 12.2 Å². The van der Waals surface area contributed by atoms with Crippen LogP contribution in [0.5, 0.6) is 0 Å². The topological polar surface area (TPSA) is 15.3 Å². The van der Waals surface area contributed by atoms with E-state index >= 15 is 0 Å². The Morgan fingerprint density at radius 3 is 2.93 bits per heavy atom. The Hall–Kier alpha value is -1.09. The van der Waals surface area contributed by atoms with Crippen molar-refractivity contribution in [3.8, 4) is 0 Å². The van der Waals surface area contributed by atoms with Crippen LogP contribution in [0.2, 0.25) is 0 Å². The van der Waals surface area contributed by atoms with E-state index in [9.17, 15) is 4.39 Å². The Morgan fingerprint density at radius 2 is 2.27 bits per heavy atom. The molecule has 2 unspecified atom stereocenters. The maximum Gasteiger partial charge on any atom is 0.146 e. The third-order valence-corrected chi connectivity index (χ3v) is 3.33. The van der Waals surface area contributed by atoms with Crippen LogP contribution in [-0.4, -0.2) is 26.7 Å². The molecule has 0 aliphatic carbocycles. The van der Waals surface area contributed by atoms with Crippen molar-refractivity contribution in [2.45, 2.75) is 18.9 Å². The normalized spacial score (nSPS) is 21.6.